The van der Waals surface area contributed by atoms with E-state index in [2.05, 4.69) is 0 Å². The highest BCUT2D eigenvalue weighted by molar-refractivity contribution is 6.04. The van der Waals surface area contributed by atoms with Gasteiger partial charge < -0.3 is 28.4 Å². The molecule has 2 aliphatic rings. The summed E-state index contributed by atoms with van der Waals surface area (Å²) in [5, 5.41) is 0. The summed E-state index contributed by atoms with van der Waals surface area (Å²) in [5.74, 6) is 2.97. The Bertz CT molecular complexity index is 919. The van der Waals surface area contributed by atoms with Gasteiger partial charge in [0.2, 0.25) is 18.3 Å². The van der Waals surface area contributed by atoms with E-state index in [1.165, 1.54) is 7.11 Å². The van der Waals surface area contributed by atoms with Crippen molar-refractivity contribution in [2.24, 2.45) is 0 Å². The molecule has 0 amide bonds. The molecule has 1 heterocycles. The Hall–Kier alpha value is -3.09. The molecule has 0 N–H and O–H groups in total. The Morgan fingerprint density at radius 3 is 2.30 bits per heavy atom. The van der Waals surface area contributed by atoms with E-state index in [-0.39, 0.29) is 18.5 Å². The number of hydrogen-bond acceptors (Lipinski definition) is 7. The molecule has 0 spiro atoms. The van der Waals surface area contributed by atoms with Crippen LogP contribution in [0.2, 0.25) is 0 Å². The normalized spacial score (nSPS) is 16.9. The maximum absolute atomic E-state index is 12.7. The fourth-order valence-corrected chi connectivity index (χ4v) is 3.79. The van der Waals surface area contributed by atoms with Gasteiger partial charge in [0.1, 0.15) is 0 Å². The lowest BCUT2D eigenvalue weighted by atomic mass is 9.91. The van der Waals surface area contributed by atoms with Crippen molar-refractivity contribution in [2.75, 3.05) is 35.2 Å². The van der Waals surface area contributed by atoms with Crippen molar-refractivity contribution in [3.63, 3.8) is 0 Å². The minimum atomic E-state index is -0.217. The number of methoxy groups -OCH3 is 4. The molecular weight excluding hydrogens is 352 g/mol. The lowest BCUT2D eigenvalue weighted by Crippen LogP contribution is -2.03. The molecule has 142 valence electrons. The molecule has 1 unspecified atom stereocenters. The fourth-order valence-electron chi connectivity index (χ4n) is 3.79. The molecule has 0 radical (unpaired) electrons. The van der Waals surface area contributed by atoms with Crippen molar-refractivity contribution < 1.29 is 33.2 Å². The zero-order chi connectivity index (χ0) is 19.1. The summed E-state index contributed by atoms with van der Waals surface area (Å²) in [5.41, 5.74) is 2.24. The maximum atomic E-state index is 12.7. The molecule has 7 nitrogen and oxygen atoms in total. The van der Waals surface area contributed by atoms with Crippen LogP contribution in [0.1, 0.15) is 33.8 Å². The predicted octanol–water partition coefficient (Wildman–Crippen LogP) is 3.17. The zero-order valence-electron chi connectivity index (χ0n) is 15.6. The molecule has 0 saturated carbocycles. The van der Waals surface area contributed by atoms with E-state index in [1.54, 1.807) is 27.4 Å². The SMILES string of the molecule is COc1cc(C2CC(=O)c3cc(OC)c(OC)c(OC)c32)cc2c1OCO2. The van der Waals surface area contributed by atoms with Gasteiger partial charge in [-0.25, -0.2) is 0 Å². The third kappa shape index (κ3) is 2.53. The van der Waals surface area contributed by atoms with Crippen molar-refractivity contribution in [1.29, 1.82) is 0 Å². The van der Waals surface area contributed by atoms with Gasteiger partial charge >= 0.3 is 0 Å². The van der Waals surface area contributed by atoms with Crippen molar-refractivity contribution in [3.8, 4) is 34.5 Å². The quantitative estimate of drug-likeness (QED) is 0.798. The van der Waals surface area contributed by atoms with Gasteiger partial charge in [0.25, 0.3) is 0 Å². The van der Waals surface area contributed by atoms with E-state index in [0.717, 1.165) is 11.1 Å². The molecular formula is C20H20O7. The van der Waals surface area contributed by atoms with Crippen LogP contribution >= 0.6 is 0 Å². The summed E-state index contributed by atoms with van der Waals surface area (Å²) in [6.45, 7) is 0.143. The minimum absolute atomic E-state index is 0.0193. The van der Waals surface area contributed by atoms with Gasteiger partial charge in [-0.05, 0) is 23.8 Å². The molecule has 27 heavy (non-hydrogen) atoms. The highest BCUT2D eigenvalue weighted by Crippen LogP contribution is 2.53. The second-order valence-corrected chi connectivity index (χ2v) is 6.24. The van der Waals surface area contributed by atoms with E-state index in [4.69, 9.17) is 28.4 Å². The summed E-state index contributed by atoms with van der Waals surface area (Å²) in [6.07, 6.45) is 0.310. The molecule has 0 saturated heterocycles. The van der Waals surface area contributed by atoms with Crippen molar-refractivity contribution in [2.45, 2.75) is 12.3 Å². The summed E-state index contributed by atoms with van der Waals surface area (Å²) in [7, 11) is 6.20. The van der Waals surface area contributed by atoms with E-state index < -0.39 is 0 Å². The third-order valence-corrected chi connectivity index (χ3v) is 4.99. The average molecular weight is 372 g/mol. The summed E-state index contributed by atoms with van der Waals surface area (Å²) in [4.78, 5) is 12.7. The number of ketones is 1. The fraction of sp³-hybridized carbons (Fsp3) is 0.350. The second kappa shape index (κ2) is 6.57. The van der Waals surface area contributed by atoms with Crippen LogP contribution in [0.3, 0.4) is 0 Å². The smallest absolute Gasteiger partial charge is 0.231 e. The number of fused-ring (bicyclic) bond motifs is 2. The number of benzene rings is 2. The van der Waals surface area contributed by atoms with Crippen LogP contribution in [0.15, 0.2) is 18.2 Å². The first-order chi connectivity index (χ1) is 13.1. The molecule has 1 aliphatic heterocycles. The van der Waals surface area contributed by atoms with Crippen LogP contribution in [0, 0.1) is 0 Å². The maximum Gasteiger partial charge on any atom is 0.231 e. The lowest BCUT2D eigenvalue weighted by molar-refractivity contribution is 0.0991. The number of carbonyl (C=O) groups excluding carboxylic acids is 1. The zero-order valence-corrected chi connectivity index (χ0v) is 15.6. The minimum Gasteiger partial charge on any atom is -0.493 e. The molecule has 2 aromatic carbocycles. The predicted molar refractivity (Wildman–Crippen MR) is 96.0 cm³/mol. The van der Waals surface area contributed by atoms with Gasteiger partial charge in [-0.3, -0.25) is 4.79 Å². The van der Waals surface area contributed by atoms with Crippen LogP contribution in [-0.2, 0) is 0 Å². The average Bonchev–Trinajstić information content (AvgIpc) is 3.30. The highest BCUT2D eigenvalue weighted by Gasteiger charge is 2.38. The molecule has 1 aliphatic carbocycles. The van der Waals surface area contributed by atoms with Crippen molar-refractivity contribution >= 4 is 5.78 Å². The van der Waals surface area contributed by atoms with Gasteiger partial charge in [-0.15, -0.1) is 0 Å². The highest BCUT2D eigenvalue weighted by atomic mass is 16.7. The summed E-state index contributed by atoms with van der Waals surface area (Å²) < 4.78 is 32.9. The number of ether oxygens (including phenoxy) is 6. The van der Waals surface area contributed by atoms with Gasteiger partial charge in [-0.2, -0.15) is 0 Å². The Morgan fingerprint density at radius 2 is 1.63 bits per heavy atom. The Morgan fingerprint density at radius 1 is 0.889 bits per heavy atom. The van der Waals surface area contributed by atoms with E-state index in [1.807, 2.05) is 12.1 Å². The molecule has 0 bridgehead atoms. The topological polar surface area (TPSA) is 72.5 Å². The Balaban J connectivity index is 1.91. The third-order valence-electron chi connectivity index (χ3n) is 4.99. The number of hydrogen-bond donors (Lipinski definition) is 0. The Labute approximate surface area is 156 Å². The number of carbonyl (C=O) groups is 1. The second-order valence-electron chi connectivity index (χ2n) is 6.24. The monoisotopic (exact) mass is 372 g/mol. The largest absolute Gasteiger partial charge is 0.493 e. The Kier molecular flexibility index (Phi) is 4.22. The molecule has 0 fully saturated rings. The first-order valence-electron chi connectivity index (χ1n) is 8.46. The van der Waals surface area contributed by atoms with E-state index in [0.29, 0.717) is 46.5 Å². The first-order valence-corrected chi connectivity index (χ1v) is 8.46. The van der Waals surface area contributed by atoms with Crippen LogP contribution in [0.25, 0.3) is 0 Å². The standard InChI is InChI=1S/C20H20O7/c1-22-14-5-10(6-16-18(14)27-9-26-16)11-7-13(21)12-8-15(23-2)19(24-3)20(25-4)17(11)12/h5-6,8,11H,7,9H2,1-4H3. The van der Waals surface area contributed by atoms with Crippen molar-refractivity contribution in [1.82, 2.24) is 0 Å². The first kappa shape index (κ1) is 17.3. The number of Topliss-reactive ketones (excluding diaryl/α,β-unsaturated/α-hetero) is 1. The molecule has 2 aromatic rings. The van der Waals surface area contributed by atoms with Crippen LogP contribution in [0.5, 0.6) is 34.5 Å². The summed E-state index contributed by atoms with van der Waals surface area (Å²) in [6, 6.07) is 5.47. The molecule has 7 heteroatoms. The lowest BCUT2D eigenvalue weighted by Gasteiger charge is -2.20. The van der Waals surface area contributed by atoms with Crippen LogP contribution in [0.4, 0.5) is 0 Å². The van der Waals surface area contributed by atoms with Gasteiger partial charge in [0, 0.05) is 23.5 Å². The van der Waals surface area contributed by atoms with E-state index in [9.17, 15) is 4.79 Å². The van der Waals surface area contributed by atoms with Gasteiger partial charge in [-0.1, -0.05) is 0 Å². The molecule has 1 atom stereocenters. The molecule has 4 rings (SSSR count). The van der Waals surface area contributed by atoms with Gasteiger partial charge in [0.15, 0.2) is 28.8 Å². The van der Waals surface area contributed by atoms with Gasteiger partial charge in [0.05, 0.1) is 28.4 Å². The van der Waals surface area contributed by atoms with E-state index >= 15 is 0 Å². The van der Waals surface area contributed by atoms with Crippen molar-refractivity contribution in [3.05, 3.63) is 34.9 Å². The molecule has 0 aromatic heterocycles. The summed E-state index contributed by atoms with van der Waals surface area (Å²) >= 11 is 0. The van der Waals surface area contributed by atoms with Crippen LogP contribution < -0.4 is 28.4 Å². The van der Waals surface area contributed by atoms with Crippen LogP contribution in [-0.4, -0.2) is 41.0 Å². The number of rotatable bonds is 5.